The SMILES string of the molecule is C[C@@H](O)C1COC1. The molecule has 0 aromatic heterocycles. The van der Waals surface area contributed by atoms with E-state index in [0.29, 0.717) is 5.92 Å². The molecule has 0 spiro atoms. The van der Waals surface area contributed by atoms with Crippen molar-refractivity contribution in [2.45, 2.75) is 13.0 Å². The van der Waals surface area contributed by atoms with E-state index in [2.05, 4.69) is 0 Å². The van der Waals surface area contributed by atoms with Crippen LogP contribution < -0.4 is 0 Å². The van der Waals surface area contributed by atoms with Crippen molar-refractivity contribution in [1.82, 2.24) is 0 Å². The van der Waals surface area contributed by atoms with Crippen molar-refractivity contribution in [2.24, 2.45) is 5.92 Å². The first kappa shape index (κ1) is 5.06. The number of aliphatic hydroxyl groups is 1. The van der Waals surface area contributed by atoms with Crippen LogP contribution in [0.2, 0.25) is 0 Å². The van der Waals surface area contributed by atoms with E-state index in [-0.39, 0.29) is 6.10 Å². The molecule has 42 valence electrons. The average molecular weight is 102 g/mol. The highest BCUT2D eigenvalue weighted by atomic mass is 16.5. The van der Waals surface area contributed by atoms with Crippen LogP contribution in [0, 0.1) is 5.92 Å². The van der Waals surface area contributed by atoms with Crippen molar-refractivity contribution in [3.63, 3.8) is 0 Å². The largest absolute Gasteiger partial charge is 0.393 e. The first-order valence-electron chi connectivity index (χ1n) is 2.56. The Morgan fingerprint density at radius 3 is 2.29 bits per heavy atom. The summed E-state index contributed by atoms with van der Waals surface area (Å²) in [6.07, 6.45) is -0.172. The monoisotopic (exact) mass is 102 g/mol. The Morgan fingerprint density at radius 1 is 1.71 bits per heavy atom. The number of hydrogen-bond donors (Lipinski definition) is 1. The summed E-state index contributed by atoms with van der Waals surface area (Å²) < 4.78 is 4.84. The molecule has 1 atom stereocenters. The minimum atomic E-state index is -0.172. The van der Waals surface area contributed by atoms with Crippen LogP contribution in [-0.2, 0) is 4.74 Å². The molecule has 1 aliphatic rings. The van der Waals surface area contributed by atoms with E-state index in [1.165, 1.54) is 0 Å². The molecule has 1 heterocycles. The molecule has 0 bridgehead atoms. The smallest absolute Gasteiger partial charge is 0.0584 e. The van der Waals surface area contributed by atoms with Crippen LogP contribution in [0.5, 0.6) is 0 Å². The summed E-state index contributed by atoms with van der Waals surface area (Å²) in [5, 5.41) is 8.79. The molecule has 0 amide bonds. The zero-order valence-corrected chi connectivity index (χ0v) is 4.42. The maximum Gasteiger partial charge on any atom is 0.0584 e. The summed E-state index contributed by atoms with van der Waals surface area (Å²) in [7, 11) is 0. The fourth-order valence-electron chi connectivity index (χ4n) is 0.532. The van der Waals surface area contributed by atoms with E-state index < -0.39 is 0 Å². The van der Waals surface area contributed by atoms with E-state index in [0.717, 1.165) is 13.2 Å². The van der Waals surface area contributed by atoms with Crippen LogP contribution in [0.4, 0.5) is 0 Å². The summed E-state index contributed by atoms with van der Waals surface area (Å²) in [5.74, 6) is 0.417. The van der Waals surface area contributed by atoms with Crippen molar-refractivity contribution in [1.29, 1.82) is 0 Å². The molecule has 1 N–H and O–H groups in total. The van der Waals surface area contributed by atoms with Crippen molar-refractivity contribution in [3.8, 4) is 0 Å². The third-order valence-electron chi connectivity index (χ3n) is 1.35. The van der Waals surface area contributed by atoms with Crippen molar-refractivity contribution in [2.75, 3.05) is 13.2 Å². The lowest BCUT2D eigenvalue weighted by atomic mass is 10.0. The number of ether oxygens (including phenoxy) is 1. The van der Waals surface area contributed by atoms with E-state index in [4.69, 9.17) is 9.84 Å². The van der Waals surface area contributed by atoms with E-state index in [1.54, 1.807) is 6.92 Å². The summed E-state index contributed by atoms with van der Waals surface area (Å²) in [6.45, 7) is 3.29. The zero-order valence-electron chi connectivity index (χ0n) is 4.42. The van der Waals surface area contributed by atoms with Gasteiger partial charge in [0.2, 0.25) is 0 Å². The van der Waals surface area contributed by atoms with Gasteiger partial charge in [0.25, 0.3) is 0 Å². The first-order valence-corrected chi connectivity index (χ1v) is 2.56. The highest BCUT2D eigenvalue weighted by Gasteiger charge is 2.22. The van der Waals surface area contributed by atoms with Gasteiger partial charge in [0.15, 0.2) is 0 Å². The second-order valence-corrected chi connectivity index (χ2v) is 2.04. The average Bonchev–Trinajstić information content (AvgIpc) is 1.23. The molecule has 0 radical (unpaired) electrons. The molecule has 1 saturated heterocycles. The third-order valence-corrected chi connectivity index (χ3v) is 1.35. The lowest BCUT2D eigenvalue weighted by Crippen LogP contribution is -2.35. The molecule has 0 aromatic rings. The highest BCUT2D eigenvalue weighted by Crippen LogP contribution is 2.13. The normalized spacial score (nSPS) is 26.6. The van der Waals surface area contributed by atoms with Gasteiger partial charge in [-0.3, -0.25) is 0 Å². The van der Waals surface area contributed by atoms with Crippen LogP contribution in [0.1, 0.15) is 6.92 Å². The Morgan fingerprint density at radius 2 is 2.29 bits per heavy atom. The van der Waals surface area contributed by atoms with Crippen LogP contribution in [0.25, 0.3) is 0 Å². The van der Waals surface area contributed by atoms with E-state index >= 15 is 0 Å². The van der Waals surface area contributed by atoms with Gasteiger partial charge < -0.3 is 9.84 Å². The minimum absolute atomic E-state index is 0.172. The fraction of sp³-hybridized carbons (Fsp3) is 1.00. The lowest BCUT2D eigenvalue weighted by molar-refractivity contribution is -0.0849. The summed E-state index contributed by atoms with van der Waals surface area (Å²) in [6, 6.07) is 0. The first-order chi connectivity index (χ1) is 3.30. The second-order valence-electron chi connectivity index (χ2n) is 2.04. The molecular weight excluding hydrogens is 92.1 g/mol. The predicted molar refractivity (Wildman–Crippen MR) is 26.0 cm³/mol. The summed E-state index contributed by atoms with van der Waals surface area (Å²) in [4.78, 5) is 0. The molecule has 0 saturated carbocycles. The summed E-state index contributed by atoms with van der Waals surface area (Å²) in [5.41, 5.74) is 0. The van der Waals surface area contributed by atoms with Crippen molar-refractivity contribution >= 4 is 0 Å². The van der Waals surface area contributed by atoms with Crippen LogP contribution in [-0.4, -0.2) is 24.4 Å². The molecule has 7 heavy (non-hydrogen) atoms. The van der Waals surface area contributed by atoms with Crippen LogP contribution in [0.3, 0.4) is 0 Å². The van der Waals surface area contributed by atoms with Crippen molar-refractivity contribution < 1.29 is 9.84 Å². The Balaban J connectivity index is 2.14. The predicted octanol–water partition coefficient (Wildman–Crippen LogP) is 0.0136. The van der Waals surface area contributed by atoms with E-state index in [1.807, 2.05) is 0 Å². The maximum atomic E-state index is 8.79. The maximum absolute atomic E-state index is 8.79. The molecule has 0 unspecified atom stereocenters. The fourth-order valence-corrected chi connectivity index (χ4v) is 0.532. The van der Waals surface area contributed by atoms with Crippen LogP contribution in [0.15, 0.2) is 0 Å². The van der Waals surface area contributed by atoms with Gasteiger partial charge in [0.1, 0.15) is 0 Å². The minimum Gasteiger partial charge on any atom is -0.393 e. The Labute approximate surface area is 43.1 Å². The molecule has 1 aliphatic heterocycles. The highest BCUT2D eigenvalue weighted by molar-refractivity contribution is 4.69. The van der Waals surface area contributed by atoms with Gasteiger partial charge in [-0.05, 0) is 6.92 Å². The molecular formula is C5H10O2. The molecule has 0 aliphatic carbocycles. The molecule has 1 fully saturated rings. The Kier molecular flexibility index (Phi) is 1.30. The summed E-state index contributed by atoms with van der Waals surface area (Å²) >= 11 is 0. The topological polar surface area (TPSA) is 29.5 Å². The molecule has 2 heteroatoms. The molecule has 0 aromatic carbocycles. The van der Waals surface area contributed by atoms with Gasteiger partial charge in [-0.15, -0.1) is 0 Å². The molecule has 2 nitrogen and oxygen atoms in total. The number of hydrogen-bond acceptors (Lipinski definition) is 2. The number of aliphatic hydroxyl groups excluding tert-OH is 1. The van der Waals surface area contributed by atoms with Crippen LogP contribution >= 0.6 is 0 Å². The number of rotatable bonds is 1. The van der Waals surface area contributed by atoms with Gasteiger partial charge >= 0.3 is 0 Å². The van der Waals surface area contributed by atoms with Gasteiger partial charge in [-0.25, -0.2) is 0 Å². The van der Waals surface area contributed by atoms with E-state index in [9.17, 15) is 0 Å². The third kappa shape index (κ3) is 0.924. The van der Waals surface area contributed by atoms with Gasteiger partial charge in [-0.2, -0.15) is 0 Å². The quantitative estimate of drug-likeness (QED) is 0.505. The standard InChI is InChI=1S/C5H10O2/c1-4(6)5-2-7-3-5/h4-6H,2-3H2,1H3/t4-/m1/s1. The lowest BCUT2D eigenvalue weighted by Gasteiger charge is -2.27. The van der Waals surface area contributed by atoms with Gasteiger partial charge in [0, 0.05) is 5.92 Å². The van der Waals surface area contributed by atoms with Crippen molar-refractivity contribution in [3.05, 3.63) is 0 Å². The Bertz CT molecular complexity index is 57.1. The molecule has 1 rings (SSSR count). The van der Waals surface area contributed by atoms with Gasteiger partial charge in [-0.1, -0.05) is 0 Å². The Hall–Kier alpha value is -0.0800. The zero-order chi connectivity index (χ0) is 5.28. The second kappa shape index (κ2) is 1.80. The van der Waals surface area contributed by atoms with Gasteiger partial charge in [0.05, 0.1) is 19.3 Å².